The van der Waals surface area contributed by atoms with E-state index in [1.165, 1.54) is 0 Å². The zero-order valence-corrected chi connectivity index (χ0v) is 24.6. The summed E-state index contributed by atoms with van der Waals surface area (Å²) in [7, 11) is 1.62. The number of para-hydroxylation sites is 1. The zero-order chi connectivity index (χ0) is 27.8. The molecule has 0 saturated carbocycles. The van der Waals surface area contributed by atoms with E-state index in [0.717, 1.165) is 26.9 Å². The van der Waals surface area contributed by atoms with Gasteiger partial charge in [-0.25, -0.2) is 0 Å². The molecule has 39 heavy (non-hydrogen) atoms. The molecule has 3 aromatic carbocycles. The quantitative estimate of drug-likeness (QED) is 0.195. The third kappa shape index (κ3) is 7.10. The maximum Gasteiger partial charge on any atom is 0.276 e. The zero-order valence-electron chi connectivity index (χ0n) is 22.2. The SMILES string of the molecule is CCOc1ccc(CCN2C(=O)/C(=C\c3ccc(OC)c(COc4ccccc4Br)c3)NC2=S)cc1OCC. The van der Waals surface area contributed by atoms with Crippen molar-refractivity contribution in [2.24, 2.45) is 0 Å². The van der Waals surface area contributed by atoms with Crippen LogP contribution in [0.4, 0.5) is 0 Å². The number of thiocarbonyl (C=S) groups is 1. The summed E-state index contributed by atoms with van der Waals surface area (Å²) in [6.45, 7) is 5.72. The van der Waals surface area contributed by atoms with Crippen molar-refractivity contribution in [3.05, 3.63) is 87.5 Å². The largest absolute Gasteiger partial charge is 0.496 e. The van der Waals surface area contributed by atoms with Gasteiger partial charge in [-0.2, -0.15) is 0 Å². The topological polar surface area (TPSA) is 69.3 Å². The van der Waals surface area contributed by atoms with E-state index < -0.39 is 0 Å². The van der Waals surface area contributed by atoms with E-state index in [-0.39, 0.29) is 5.91 Å². The first kappa shape index (κ1) is 28.4. The summed E-state index contributed by atoms with van der Waals surface area (Å²) < 4.78 is 23.8. The molecule has 1 fully saturated rings. The van der Waals surface area contributed by atoms with Crippen LogP contribution in [0.1, 0.15) is 30.5 Å². The number of rotatable bonds is 12. The lowest BCUT2D eigenvalue weighted by Crippen LogP contribution is -2.32. The molecule has 1 aliphatic heterocycles. The summed E-state index contributed by atoms with van der Waals surface area (Å²) >= 11 is 8.99. The van der Waals surface area contributed by atoms with Gasteiger partial charge in [-0.15, -0.1) is 0 Å². The van der Waals surface area contributed by atoms with Gasteiger partial charge in [0.15, 0.2) is 16.6 Å². The highest BCUT2D eigenvalue weighted by molar-refractivity contribution is 9.10. The standard InChI is InChI=1S/C30H31BrN2O5S/c1-4-36-27-13-10-20(18-28(27)37-5-2)14-15-33-29(34)24(32-30(33)39)17-21-11-12-25(35-3)22(16-21)19-38-26-9-7-6-8-23(26)31/h6-13,16-18H,4-5,14-15,19H2,1-3H3,(H,32,39)/b24-17+. The van der Waals surface area contributed by atoms with Gasteiger partial charge in [-0.05, 0) is 102 Å². The fourth-order valence-electron chi connectivity index (χ4n) is 4.15. The lowest BCUT2D eigenvalue weighted by Gasteiger charge is -2.16. The summed E-state index contributed by atoms with van der Waals surface area (Å²) in [5.41, 5.74) is 3.13. The molecule has 1 N–H and O–H groups in total. The molecule has 0 aromatic heterocycles. The number of halogens is 1. The Morgan fingerprint density at radius 2 is 1.67 bits per heavy atom. The second-order valence-electron chi connectivity index (χ2n) is 8.63. The average molecular weight is 612 g/mol. The number of hydrogen-bond donors (Lipinski definition) is 1. The van der Waals surface area contributed by atoms with Crippen LogP contribution in [-0.2, 0) is 17.8 Å². The van der Waals surface area contributed by atoms with E-state index in [1.54, 1.807) is 18.1 Å². The van der Waals surface area contributed by atoms with Crippen LogP contribution < -0.4 is 24.3 Å². The fraction of sp³-hybridized carbons (Fsp3) is 0.267. The number of benzene rings is 3. The number of nitrogens with zero attached hydrogens (tertiary/aromatic N) is 1. The van der Waals surface area contributed by atoms with E-state index in [0.29, 0.717) is 60.8 Å². The van der Waals surface area contributed by atoms with Crippen molar-refractivity contribution < 1.29 is 23.7 Å². The minimum atomic E-state index is -0.169. The van der Waals surface area contributed by atoms with Gasteiger partial charge >= 0.3 is 0 Å². The molecule has 1 saturated heterocycles. The number of methoxy groups -OCH3 is 1. The summed E-state index contributed by atoms with van der Waals surface area (Å²) in [4.78, 5) is 14.8. The van der Waals surface area contributed by atoms with Gasteiger partial charge in [0, 0.05) is 12.1 Å². The van der Waals surface area contributed by atoms with Crippen LogP contribution in [0.25, 0.3) is 6.08 Å². The first-order valence-corrected chi connectivity index (χ1v) is 13.9. The predicted octanol–water partition coefficient (Wildman–Crippen LogP) is 6.13. The van der Waals surface area contributed by atoms with Gasteiger partial charge in [0.2, 0.25) is 0 Å². The number of amides is 1. The van der Waals surface area contributed by atoms with Gasteiger partial charge in [0.25, 0.3) is 5.91 Å². The Morgan fingerprint density at radius 3 is 2.41 bits per heavy atom. The number of carbonyl (C=O) groups excluding carboxylic acids is 1. The van der Waals surface area contributed by atoms with Crippen molar-refractivity contribution in [1.82, 2.24) is 10.2 Å². The van der Waals surface area contributed by atoms with Crippen LogP contribution in [0.5, 0.6) is 23.0 Å². The van der Waals surface area contributed by atoms with Crippen LogP contribution in [0, 0.1) is 0 Å². The molecule has 1 heterocycles. The second kappa shape index (κ2) is 13.5. The van der Waals surface area contributed by atoms with Crippen molar-refractivity contribution in [1.29, 1.82) is 0 Å². The molecule has 204 valence electrons. The minimum absolute atomic E-state index is 0.169. The fourth-order valence-corrected chi connectivity index (χ4v) is 4.84. The van der Waals surface area contributed by atoms with E-state index in [9.17, 15) is 4.79 Å². The smallest absolute Gasteiger partial charge is 0.276 e. The van der Waals surface area contributed by atoms with E-state index >= 15 is 0 Å². The normalized spacial score (nSPS) is 13.9. The molecular formula is C30H31BrN2O5S. The van der Waals surface area contributed by atoms with Gasteiger partial charge in [-0.3, -0.25) is 9.69 Å². The Labute approximate surface area is 242 Å². The first-order chi connectivity index (χ1) is 18.9. The predicted molar refractivity (Wildman–Crippen MR) is 159 cm³/mol. The molecule has 0 unspecified atom stereocenters. The van der Waals surface area contributed by atoms with Gasteiger partial charge < -0.3 is 24.3 Å². The maximum absolute atomic E-state index is 13.2. The Balaban J connectivity index is 1.45. The third-order valence-corrected chi connectivity index (χ3v) is 7.01. The Hall–Kier alpha value is -3.56. The molecule has 0 bridgehead atoms. The van der Waals surface area contributed by atoms with Crippen LogP contribution in [0.15, 0.2) is 70.8 Å². The molecule has 1 amide bonds. The molecule has 7 nitrogen and oxygen atoms in total. The number of carbonyl (C=O) groups is 1. The number of hydrogen-bond acceptors (Lipinski definition) is 6. The van der Waals surface area contributed by atoms with Crippen molar-refractivity contribution in [3.63, 3.8) is 0 Å². The monoisotopic (exact) mass is 610 g/mol. The van der Waals surface area contributed by atoms with E-state index in [4.69, 9.17) is 31.2 Å². The number of nitrogens with one attached hydrogen (secondary N) is 1. The van der Waals surface area contributed by atoms with Crippen molar-refractivity contribution >= 4 is 45.2 Å². The summed E-state index contributed by atoms with van der Waals surface area (Å²) in [5, 5.41) is 3.45. The van der Waals surface area contributed by atoms with E-state index in [1.807, 2.05) is 74.5 Å². The molecule has 0 radical (unpaired) electrons. The van der Waals surface area contributed by atoms with Crippen LogP contribution in [0.2, 0.25) is 0 Å². The van der Waals surface area contributed by atoms with E-state index in [2.05, 4.69) is 21.2 Å². The lowest BCUT2D eigenvalue weighted by molar-refractivity contribution is -0.122. The van der Waals surface area contributed by atoms with Crippen molar-refractivity contribution in [2.45, 2.75) is 26.9 Å². The van der Waals surface area contributed by atoms with Crippen molar-refractivity contribution in [3.8, 4) is 23.0 Å². The van der Waals surface area contributed by atoms with Crippen molar-refractivity contribution in [2.75, 3.05) is 26.9 Å². The lowest BCUT2D eigenvalue weighted by atomic mass is 10.1. The molecule has 0 atom stereocenters. The van der Waals surface area contributed by atoms with Gasteiger partial charge in [0.1, 0.15) is 23.8 Å². The summed E-state index contributed by atoms with van der Waals surface area (Å²) in [6.07, 6.45) is 2.41. The summed E-state index contributed by atoms with van der Waals surface area (Å²) in [6, 6.07) is 19.2. The van der Waals surface area contributed by atoms with Gasteiger partial charge in [0.05, 0.1) is 24.8 Å². The molecule has 0 spiro atoms. The molecule has 9 heteroatoms. The highest BCUT2D eigenvalue weighted by Crippen LogP contribution is 2.30. The Kier molecular flexibility index (Phi) is 9.84. The van der Waals surface area contributed by atoms with Gasteiger partial charge in [-0.1, -0.05) is 24.3 Å². The molecule has 0 aliphatic carbocycles. The number of ether oxygens (including phenoxy) is 4. The second-order valence-corrected chi connectivity index (χ2v) is 9.87. The molecule has 3 aromatic rings. The minimum Gasteiger partial charge on any atom is -0.496 e. The maximum atomic E-state index is 13.2. The average Bonchev–Trinajstić information content (AvgIpc) is 3.20. The molecular weight excluding hydrogens is 580 g/mol. The molecule has 1 aliphatic rings. The highest BCUT2D eigenvalue weighted by Gasteiger charge is 2.30. The first-order valence-electron chi connectivity index (χ1n) is 12.7. The van der Waals surface area contributed by atoms with Crippen LogP contribution in [0.3, 0.4) is 0 Å². The summed E-state index contributed by atoms with van der Waals surface area (Å²) in [5.74, 6) is 2.68. The Bertz CT molecular complexity index is 1380. The molecule has 4 rings (SSSR count). The third-order valence-electron chi connectivity index (χ3n) is 6.03. The van der Waals surface area contributed by atoms with Crippen LogP contribution >= 0.6 is 28.1 Å². The Morgan fingerprint density at radius 1 is 0.923 bits per heavy atom. The van der Waals surface area contributed by atoms with Crippen LogP contribution in [-0.4, -0.2) is 42.8 Å². The highest BCUT2D eigenvalue weighted by atomic mass is 79.9.